The van der Waals surface area contributed by atoms with Crippen LogP contribution in [0.2, 0.25) is 0 Å². The van der Waals surface area contributed by atoms with Crippen molar-refractivity contribution < 1.29 is 9.84 Å². The quantitative estimate of drug-likeness (QED) is 0.928. The second-order valence-electron chi connectivity index (χ2n) is 6.86. The van der Waals surface area contributed by atoms with Crippen LogP contribution in [-0.4, -0.2) is 41.8 Å². The third-order valence-electron chi connectivity index (χ3n) is 5.63. The second kappa shape index (κ2) is 5.71. The van der Waals surface area contributed by atoms with Crippen LogP contribution in [0, 0.1) is 0 Å². The van der Waals surface area contributed by atoms with Gasteiger partial charge in [0.05, 0.1) is 6.61 Å². The number of aliphatic hydroxyl groups is 1. The summed E-state index contributed by atoms with van der Waals surface area (Å²) in [7, 11) is 0. The van der Waals surface area contributed by atoms with Gasteiger partial charge in [-0.1, -0.05) is 30.7 Å². The topological polar surface area (TPSA) is 32.7 Å². The first-order chi connectivity index (χ1) is 10.3. The third kappa shape index (κ3) is 2.52. The van der Waals surface area contributed by atoms with Gasteiger partial charge in [-0.3, -0.25) is 4.90 Å². The van der Waals surface area contributed by atoms with E-state index in [0.717, 1.165) is 18.7 Å². The molecule has 21 heavy (non-hydrogen) atoms. The fraction of sp³-hybridized carbons (Fsp3) is 0.667. The van der Waals surface area contributed by atoms with Crippen molar-refractivity contribution in [3.63, 3.8) is 0 Å². The summed E-state index contributed by atoms with van der Waals surface area (Å²) in [4.78, 5) is 2.50. The molecule has 2 aliphatic heterocycles. The smallest absolute Gasteiger partial charge is 0.107 e. The number of nitrogens with zero attached hydrogens (tertiary/aromatic N) is 1. The van der Waals surface area contributed by atoms with Gasteiger partial charge in [-0.05, 0) is 49.3 Å². The average molecular weight is 287 g/mol. The van der Waals surface area contributed by atoms with Crippen molar-refractivity contribution >= 4 is 0 Å². The maximum absolute atomic E-state index is 10.9. The first-order valence-corrected chi connectivity index (χ1v) is 8.45. The fourth-order valence-electron chi connectivity index (χ4n) is 4.11. The van der Waals surface area contributed by atoms with Gasteiger partial charge in [-0.25, -0.2) is 0 Å². The molecule has 3 unspecified atom stereocenters. The fourth-order valence-corrected chi connectivity index (χ4v) is 4.11. The molecule has 114 valence electrons. The molecule has 0 radical (unpaired) electrons. The highest BCUT2D eigenvalue weighted by molar-refractivity contribution is 5.34. The van der Waals surface area contributed by atoms with Crippen LogP contribution in [0.3, 0.4) is 0 Å². The van der Waals surface area contributed by atoms with Crippen LogP contribution in [0.15, 0.2) is 24.3 Å². The zero-order chi connectivity index (χ0) is 14.2. The predicted molar refractivity (Wildman–Crippen MR) is 82.3 cm³/mol. The van der Waals surface area contributed by atoms with Gasteiger partial charge < -0.3 is 9.84 Å². The number of hydrogen-bond acceptors (Lipinski definition) is 3. The average Bonchev–Trinajstić information content (AvgIpc) is 2.92. The van der Waals surface area contributed by atoms with Gasteiger partial charge in [0.25, 0.3) is 0 Å². The normalized spacial score (nSPS) is 31.7. The minimum Gasteiger partial charge on any atom is -0.386 e. The molecule has 2 saturated heterocycles. The van der Waals surface area contributed by atoms with Gasteiger partial charge in [-0.2, -0.15) is 0 Å². The summed E-state index contributed by atoms with van der Waals surface area (Å²) in [6.07, 6.45) is 5.83. The van der Waals surface area contributed by atoms with Crippen LogP contribution >= 0.6 is 0 Å². The summed E-state index contributed by atoms with van der Waals surface area (Å²) < 4.78 is 6.00. The third-order valence-corrected chi connectivity index (χ3v) is 5.63. The molecule has 1 saturated carbocycles. The van der Waals surface area contributed by atoms with Crippen molar-refractivity contribution in [1.82, 2.24) is 4.90 Å². The lowest BCUT2D eigenvalue weighted by Crippen LogP contribution is -2.48. The number of benzene rings is 1. The maximum atomic E-state index is 10.9. The van der Waals surface area contributed by atoms with E-state index in [0.29, 0.717) is 12.0 Å². The van der Waals surface area contributed by atoms with E-state index in [1.165, 1.54) is 44.2 Å². The van der Waals surface area contributed by atoms with Gasteiger partial charge in [0.15, 0.2) is 0 Å². The summed E-state index contributed by atoms with van der Waals surface area (Å²) in [5.41, 5.74) is 2.45. The van der Waals surface area contributed by atoms with Crippen LogP contribution in [0.5, 0.6) is 0 Å². The van der Waals surface area contributed by atoms with Crippen LogP contribution in [0.4, 0.5) is 0 Å². The molecular formula is C18H25NO2. The van der Waals surface area contributed by atoms with E-state index < -0.39 is 6.10 Å². The second-order valence-corrected chi connectivity index (χ2v) is 6.86. The molecule has 3 heteroatoms. The molecule has 1 aliphatic carbocycles. The standard InChI is InChI=1S/C18H25NO2/c20-18(17-11-19-10-4-7-14(19)12-21-17)16-9-2-1-8-15(16)13-5-3-6-13/h1-2,8-9,13-14,17-18,20H,3-7,10-12H2. The Labute approximate surface area is 126 Å². The molecular weight excluding hydrogens is 262 g/mol. The lowest BCUT2D eigenvalue weighted by molar-refractivity contribution is -0.104. The first-order valence-electron chi connectivity index (χ1n) is 8.45. The molecule has 3 atom stereocenters. The molecule has 0 spiro atoms. The van der Waals surface area contributed by atoms with Crippen molar-refractivity contribution in [1.29, 1.82) is 0 Å². The monoisotopic (exact) mass is 287 g/mol. The Kier molecular flexibility index (Phi) is 3.74. The minimum absolute atomic E-state index is 0.0689. The van der Waals surface area contributed by atoms with Crippen molar-refractivity contribution in [2.24, 2.45) is 0 Å². The van der Waals surface area contributed by atoms with E-state index in [1.54, 1.807) is 0 Å². The SMILES string of the molecule is OC(c1ccccc1C1CCC1)C1CN2CCCC2CO1. The Morgan fingerprint density at radius 3 is 2.81 bits per heavy atom. The molecule has 1 aromatic rings. The Morgan fingerprint density at radius 2 is 2.00 bits per heavy atom. The van der Waals surface area contributed by atoms with Crippen LogP contribution in [-0.2, 0) is 4.74 Å². The molecule has 0 aromatic heterocycles. The lowest BCUT2D eigenvalue weighted by atomic mass is 9.77. The van der Waals surface area contributed by atoms with Gasteiger partial charge in [0.1, 0.15) is 12.2 Å². The number of hydrogen-bond donors (Lipinski definition) is 1. The van der Waals surface area contributed by atoms with E-state index in [2.05, 4.69) is 23.1 Å². The van der Waals surface area contributed by atoms with Gasteiger partial charge in [0.2, 0.25) is 0 Å². The summed E-state index contributed by atoms with van der Waals surface area (Å²) in [5.74, 6) is 0.652. The van der Waals surface area contributed by atoms with Gasteiger partial charge in [0, 0.05) is 12.6 Å². The number of ether oxygens (including phenoxy) is 1. The highest BCUT2D eigenvalue weighted by Gasteiger charge is 2.37. The van der Waals surface area contributed by atoms with Crippen molar-refractivity contribution in [3.05, 3.63) is 35.4 Å². The van der Waals surface area contributed by atoms with E-state index in [9.17, 15) is 5.11 Å². The molecule has 3 fully saturated rings. The zero-order valence-corrected chi connectivity index (χ0v) is 12.6. The zero-order valence-electron chi connectivity index (χ0n) is 12.6. The van der Waals surface area contributed by atoms with E-state index in [4.69, 9.17) is 4.74 Å². The summed E-state index contributed by atoms with van der Waals surface area (Å²) in [6.45, 7) is 2.83. The molecule has 3 aliphatic rings. The molecule has 1 N–H and O–H groups in total. The summed E-state index contributed by atoms with van der Waals surface area (Å²) >= 11 is 0. The number of aliphatic hydroxyl groups excluding tert-OH is 1. The van der Waals surface area contributed by atoms with E-state index in [1.807, 2.05) is 6.07 Å². The van der Waals surface area contributed by atoms with Gasteiger partial charge in [-0.15, -0.1) is 0 Å². The Morgan fingerprint density at radius 1 is 1.14 bits per heavy atom. The predicted octanol–water partition coefficient (Wildman–Crippen LogP) is 2.85. The van der Waals surface area contributed by atoms with E-state index in [-0.39, 0.29) is 6.10 Å². The Bertz CT molecular complexity index is 500. The number of rotatable bonds is 3. The summed E-state index contributed by atoms with van der Waals surface area (Å²) in [5, 5.41) is 10.9. The van der Waals surface area contributed by atoms with Crippen LogP contribution in [0.1, 0.15) is 55.3 Å². The minimum atomic E-state index is -0.483. The highest BCUT2D eigenvalue weighted by Crippen LogP contribution is 2.40. The van der Waals surface area contributed by atoms with Gasteiger partial charge >= 0.3 is 0 Å². The van der Waals surface area contributed by atoms with Crippen molar-refractivity contribution in [3.8, 4) is 0 Å². The Hall–Kier alpha value is -0.900. The van der Waals surface area contributed by atoms with Crippen LogP contribution < -0.4 is 0 Å². The molecule has 2 heterocycles. The maximum Gasteiger partial charge on any atom is 0.107 e. The van der Waals surface area contributed by atoms with Crippen molar-refractivity contribution in [2.45, 2.75) is 56.3 Å². The largest absolute Gasteiger partial charge is 0.386 e. The highest BCUT2D eigenvalue weighted by atomic mass is 16.5. The molecule has 3 nitrogen and oxygen atoms in total. The van der Waals surface area contributed by atoms with E-state index >= 15 is 0 Å². The molecule has 0 bridgehead atoms. The molecule has 1 aromatic carbocycles. The summed E-state index contributed by atoms with van der Waals surface area (Å²) in [6, 6.07) is 9.03. The Balaban J connectivity index is 1.53. The lowest BCUT2D eigenvalue weighted by Gasteiger charge is -2.38. The number of morpholine rings is 1. The van der Waals surface area contributed by atoms with Crippen LogP contribution in [0.25, 0.3) is 0 Å². The molecule has 0 amide bonds. The molecule has 4 rings (SSSR count). The number of fused-ring (bicyclic) bond motifs is 1. The first kappa shape index (κ1) is 13.7. The van der Waals surface area contributed by atoms with Crippen molar-refractivity contribution in [2.75, 3.05) is 19.7 Å².